The van der Waals surface area contributed by atoms with Gasteiger partial charge in [-0.25, -0.2) is 0 Å². The first kappa shape index (κ1) is 8.52. The van der Waals surface area contributed by atoms with E-state index in [1.54, 1.807) is 0 Å². The summed E-state index contributed by atoms with van der Waals surface area (Å²) in [5.41, 5.74) is 0.690. The van der Waals surface area contributed by atoms with Crippen LogP contribution in [-0.4, -0.2) is 24.8 Å². The number of rotatable bonds is 0. The highest BCUT2D eigenvalue weighted by Crippen LogP contribution is 2.52. The van der Waals surface area contributed by atoms with Crippen molar-refractivity contribution >= 4 is 0 Å². The Morgan fingerprint density at radius 2 is 2.00 bits per heavy atom. The van der Waals surface area contributed by atoms with Crippen molar-refractivity contribution in [3.05, 3.63) is 0 Å². The van der Waals surface area contributed by atoms with E-state index < -0.39 is 0 Å². The van der Waals surface area contributed by atoms with Crippen molar-refractivity contribution in [2.75, 3.05) is 13.2 Å². The van der Waals surface area contributed by atoms with E-state index in [1.807, 2.05) is 0 Å². The van der Waals surface area contributed by atoms with Crippen LogP contribution < -0.4 is 5.32 Å². The summed E-state index contributed by atoms with van der Waals surface area (Å²) in [6, 6.07) is 0.541. The zero-order valence-corrected chi connectivity index (χ0v) is 8.31. The molecule has 0 aromatic carbocycles. The van der Waals surface area contributed by atoms with Crippen LogP contribution in [-0.2, 0) is 4.74 Å². The first-order valence-electron chi connectivity index (χ1n) is 4.92. The Morgan fingerprint density at radius 3 is 2.50 bits per heavy atom. The maximum absolute atomic E-state index is 5.89. The molecule has 2 heteroatoms. The van der Waals surface area contributed by atoms with Crippen LogP contribution in [0.15, 0.2) is 0 Å². The Balaban J connectivity index is 2.03. The predicted octanol–water partition coefficient (Wildman–Crippen LogP) is 1.55. The lowest BCUT2D eigenvalue weighted by atomic mass is 9.58. The van der Waals surface area contributed by atoms with Gasteiger partial charge >= 0.3 is 0 Å². The molecule has 12 heavy (non-hydrogen) atoms. The van der Waals surface area contributed by atoms with Gasteiger partial charge in [-0.3, -0.25) is 0 Å². The number of morpholine rings is 1. The Kier molecular flexibility index (Phi) is 1.74. The molecule has 2 fully saturated rings. The Bertz CT molecular complexity index is 180. The molecular weight excluding hydrogens is 150 g/mol. The largest absolute Gasteiger partial charge is 0.372 e. The summed E-state index contributed by atoms with van der Waals surface area (Å²) < 4.78 is 5.89. The quantitative estimate of drug-likeness (QED) is 0.594. The molecule has 1 N–H and O–H groups in total. The van der Waals surface area contributed by atoms with Crippen LogP contribution in [0.3, 0.4) is 0 Å². The highest BCUT2D eigenvalue weighted by atomic mass is 16.5. The zero-order chi connectivity index (χ0) is 8.82. The minimum Gasteiger partial charge on any atom is -0.372 e. The lowest BCUT2D eigenvalue weighted by molar-refractivity contribution is -0.190. The maximum Gasteiger partial charge on any atom is 0.0842 e. The third kappa shape index (κ3) is 1.17. The van der Waals surface area contributed by atoms with Gasteiger partial charge in [0.2, 0.25) is 0 Å². The van der Waals surface area contributed by atoms with Gasteiger partial charge in [0, 0.05) is 12.6 Å². The van der Waals surface area contributed by atoms with Gasteiger partial charge < -0.3 is 10.1 Å². The molecule has 0 radical (unpaired) electrons. The van der Waals surface area contributed by atoms with Crippen LogP contribution in [0.5, 0.6) is 0 Å². The van der Waals surface area contributed by atoms with Crippen molar-refractivity contribution in [2.45, 2.75) is 45.3 Å². The molecule has 0 aromatic heterocycles. The molecule has 0 amide bonds. The molecule has 1 atom stereocenters. The summed E-state index contributed by atoms with van der Waals surface area (Å²) in [6.07, 6.45) is 2.43. The number of ether oxygens (including phenoxy) is 1. The number of hydrogen-bond donors (Lipinski definition) is 1. The second-order valence-corrected chi connectivity index (χ2v) is 5.11. The van der Waals surface area contributed by atoms with Crippen LogP contribution in [0.25, 0.3) is 0 Å². The molecule has 1 spiro atoms. The molecule has 1 saturated carbocycles. The van der Waals surface area contributed by atoms with E-state index in [2.05, 4.69) is 26.1 Å². The molecular formula is C10H19NO. The van der Waals surface area contributed by atoms with Crippen molar-refractivity contribution in [1.29, 1.82) is 0 Å². The molecule has 1 saturated heterocycles. The lowest BCUT2D eigenvalue weighted by Gasteiger charge is -2.57. The first-order chi connectivity index (χ1) is 5.54. The minimum absolute atomic E-state index is 0.182. The summed E-state index contributed by atoms with van der Waals surface area (Å²) in [7, 11) is 0. The van der Waals surface area contributed by atoms with Gasteiger partial charge in [0.15, 0.2) is 0 Å². The summed E-state index contributed by atoms with van der Waals surface area (Å²) in [4.78, 5) is 0. The van der Waals surface area contributed by atoms with Gasteiger partial charge in [-0.2, -0.15) is 0 Å². The van der Waals surface area contributed by atoms with Crippen LogP contribution in [0.1, 0.15) is 33.6 Å². The van der Waals surface area contributed by atoms with E-state index in [9.17, 15) is 0 Å². The van der Waals surface area contributed by atoms with Crippen molar-refractivity contribution < 1.29 is 4.74 Å². The average Bonchev–Trinajstić information content (AvgIpc) is 1.91. The van der Waals surface area contributed by atoms with Gasteiger partial charge in [0.05, 0.1) is 12.2 Å². The second kappa shape index (κ2) is 2.46. The van der Waals surface area contributed by atoms with Crippen molar-refractivity contribution in [2.24, 2.45) is 5.41 Å². The number of hydrogen-bond acceptors (Lipinski definition) is 2. The van der Waals surface area contributed by atoms with Crippen LogP contribution in [0.4, 0.5) is 0 Å². The monoisotopic (exact) mass is 169 g/mol. The van der Waals surface area contributed by atoms with Crippen molar-refractivity contribution in [3.8, 4) is 0 Å². The van der Waals surface area contributed by atoms with Gasteiger partial charge in [-0.05, 0) is 25.2 Å². The third-order valence-electron chi connectivity index (χ3n) is 3.29. The van der Waals surface area contributed by atoms with E-state index in [1.165, 1.54) is 12.8 Å². The first-order valence-corrected chi connectivity index (χ1v) is 4.92. The molecule has 70 valence electrons. The molecule has 2 nitrogen and oxygen atoms in total. The average molecular weight is 169 g/mol. The van der Waals surface area contributed by atoms with E-state index in [4.69, 9.17) is 4.74 Å². The molecule has 2 aliphatic rings. The Morgan fingerprint density at radius 1 is 1.33 bits per heavy atom. The number of nitrogens with one attached hydrogen (secondary N) is 1. The molecule has 1 unspecified atom stereocenters. The van der Waals surface area contributed by atoms with Crippen LogP contribution in [0, 0.1) is 5.41 Å². The van der Waals surface area contributed by atoms with Crippen LogP contribution >= 0.6 is 0 Å². The highest BCUT2D eigenvalue weighted by molar-refractivity contribution is 5.07. The van der Waals surface area contributed by atoms with Gasteiger partial charge in [-0.15, -0.1) is 0 Å². The van der Waals surface area contributed by atoms with E-state index in [-0.39, 0.29) is 5.60 Å². The van der Waals surface area contributed by atoms with E-state index in [0.29, 0.717) is 11.5 Å². The molecule has 0 bridgehead atoms. The highest BCUT2D eigenvalue weighted by Gasteiger charge is 2.54. The lowest BCUT2D eigenvalue weighted by Crippen LogP contribution is -2.65. The van der Waals surface area contributed by atoms with Crippen molar-refractivity contribution in [3.63, 3.8) is 0 Å². The predicted molar refractivity (Wildman–Crippen MR) is 49.2 cm³/mol. The standard InChI is InChI=1S/C10H19NO/c1-8-10(12-5-4-11-8)6-9(2,3)7-10/h8,11H,4-7H2,1-3H3. The maximum atomic E-state index is 5.89. The smallest absolute Gasteiger partial charge is 0.0842 e. The van der Waals surface area contributed by atoms with Crippen LogP contribution in [0.2, 0.25) is 0 Å². The summed E-state index contributed by atoms with van der Waals surface area (Å²) >= 11 is 0. The van der Waals surface area contributed by atoms with Gasteiger partial charge in [-0.1, -0.05) is 13.8 Å². The molecule has 1 aliphatic carbocycles. The zero-order valence-electron chi connectivity index (χ0n) is 8.31. The van der Waals surface area contributed by atoms with Gasteiger partial charge in [0.25, 0.3) is 0 Å². The summed E-state index contributed by atoms with van der Waals surface area (Å²) in [5.74, 6) is 0. The molecule has 2 rings (SSSR count). The molecule has 0 aromatic rings. The Labute approximate surface area is 74.7 Å². The fourth-order valence-corrected chi connectivity index (χ4v) is 2.82. The fourth-order valence-electron chi connectivity index (χ4n) is 2.82. The summed E-state index contributed by atoms with van der Waals surface area (Å²) in [6.45, 7) is 8.80. The van der Waals surface area contributed by atoms with E-state index >= 15 is 0 Å². The fraction of sp³-hybridized carbons (Fsp3) is 1.00. The topological polar surface area (TPSA) is 21.3 Å². The van der Waals surface area contributed by atoms with E-state index in [0.717, 1.165) is 13.2 Å². The Hall–Kier alpha value is -0.0800. The minimum atomic E-state index is 0.182. The second-order valence-electron chi connectivity index (χ2n) is 5.11. The molecule has 1 heterocycles. The third-order valence-corrected chi connectivity index (χ3v) is 3.29. The molecule has 1 aliphatic heterocycles. The summed E-state index contributed by atoms with van der Waals surface area (Å²) in [5, 5.41) is 3.49. The van der Waals surface area contributed by atoms with Crippen molar-refractivity contribution in [1.82, 2.24) is 5.32 Å². The SMILES string of the molecule is CC1NCCOC12CC(C)(C)C2. The normalized spacial score (nSPS) is 37.8. The van der Waals surface area contributed by atoms with Gasteiger partial charge in [0.1, 0.15) is 0 Å².